The molecule has 0 saturated carbocycles. The summed E-state index contributed by atoms with van der Waals surface area (Å²) in [6.45, 7) is 6.69. The van der Waals surface area contributed by atoms with E-state index in [0.717, 1.165) is 38.2 Å². The Labute approximate surface area is 156 Å². The molecular weight excluding hydrogens is 348 g/mol. The Morgan fingerprint density at radius 3 is 2.93 bits per heavy atom. The number of aromatic nitrogens is 2. The van der Waals surface area contributed by atoms with Gasteiger partial charge in [0.25, 0.3) is 5.91 Å². The second kappa shape index (κ2) is 7.89. The number of nitrogens with zero attached hydrogens (tertiary/aromatic N) is 3. The zero-order chi connectivity index (χ0) is 18.6. The summed E-state index contributed by atoms with van der Waals surface area (Å²) >= 11 is 0. The molecule has 4 rings (SSSR count). The van der Waals surface area contributed by atoms with E-state index in [1.165, 1.54) is 0 Å². The van der Waals surface area contributed by atoms with E-state index in [4.69, 9.17) is 13.7 Å². The fraction of sp³-hybridized carbons (Fsp3) is 0.421. The highest BCUT2D eigenvalue weighted by atomic mass is 16.5. The van der Waals surface area contributed by atoms with Gasteiger partial charge in [-0.25, -0.2) is 4.98 Å². The second-order valence-corrected chi connectivity index (χ2v) is 6.43. The average Bonchev–Trinajstić information content (AvgIpc) is 3.34. The Bertz CT molecular complexity index is 927. The molecule has 1 aliphatic heterocycles. The number of carbonyl (C=O) groups is 1. The minimum absolute atomic E-state index is 0.119. The molecule has 1 N–H and O–H groups in total. The average molecular weight is 370 g/mol. The van der Waals surface area contributed by atoms with Crippen molar-refractivity contribution in [3.8, 4) is 11.4 Å². The van der Waals surface area contributed by atoms with Crippen molar-refractivity contribution in [2.24, 2.45) is 0 Å². The Kier molecular flexibility index (Phi) is 5.17. The minimum Gasteiger partial charge on any atom is -0.448 e. The molecule has 0 atom stereocenters. The van der Waals surface area contributed by atoms with Gasteiger partial charge in [0.2, 0.25) is 0 Å². The van der Waals surface area contributed by atoms with E-state index in [9.17, 15) is 4.79 Å². The first-order valence-corrected chi connectivity index (χ1v) is 9.17. The van der Waals surface area contributed by atoms with Crippen molar-refractivity contribution < 1.29 is 18.5 Å². The summed E-state index contributed by atoms with van der Waals surface area (Å²) < 4.78 is 16.1. The van der Waals surface area contributed by atoms with Crippen LogP contribution in [0.25, 0.3) is 22.4 Å². The highest BCUT2D eigenvalue weighted by Crippen LogP contribution is 2.28. The molecule has 0 bridgehead atoms. The number of morpholine rings is 1. The summed E-state index contributed by atoms with van der Waals surface area (Å²) in [7, 11) is 0. The maximum atomic E-state index is 12.5. The Hall–Kier alpha value is -2.71. The van der Waals surface area contributed by atoms with E-state index in [-0.39, 0.29) is 5.91 Å². The lowest BCUT2D eigenvalue weighted by Crippen LogP contribution is -2.41. The lowest BCUT2D eigenvalue weighted by atomic mass is 10.1. The zero-order valence-electron chi connectivity index (χ0n) is 15.2. The predicted octanol–water partition coefficient (Wildman–Crippen LogP) is 2.11. The molecule has 3 aromatic rings. The first kappa shape index (κ1) is 17.7. The molecule has 8 nitrogen and oxygen atoms in total. The van der Waals surface area contributed by atoms with Crippen molar-refractivity contribution in [3.63, 3.8) is 0 Å². The molecule has 1 saturated heterocycles. The first-order valence-electron chi connectivity index (χ1n) is 9.17. The molecule has 8 heteroatoms. The van der Waals surface area contributed by atoms with Gasteiger partial charge in [0.1, 0.15) is 17.7 Å². The van der Waals surface area contributed by atoms with Crippen LogP contribution in [0, 0.1) is 0 Å². The number of ether oxygens (including phenoxy) is 1. The molecule has 1 aliphatic rings. The van der Waals surface area contributed by atoms with Crippen LogP contribution in [-0.2, 0) is 11.2 Å². The molecule has 3 heterocycles. The second-order valence-electron chi connectivity index (χ2n) is 6.43. The van der Waals surface area contributed by atoms with Gasteiger partial charge in [-0.2, -0.15) is 0 Å². The van der Waals surface area contributed by atoms with Crippen molar-refractivity contribution in [1.82, 2.24) is 20.4 Å². The molecule has 1 aromatic carbocycles. The number of amides is 1. The van der Waals surface area contributed by atoms with Crippen molar-refractivity contribution in [3.05, 3.63) is 35.9 Å². The van der Waals surface area contributed by atoms with E-state index in [2.05, 4.69) is 20.4 Å². The van der Waals surface area contributed by atoms with Crippen LogP contribution in [0.2, 0.25) is 0 Å². The van der Waals surface area contributed by atoms with E-state index in [1.54, 1.807) is 24.5 Å². The van der Waals surface area contributed by atoms with Gasteiger partial charge >= 0.3 is 0 Å². The third-order valence-electron chi connectivity index (χ3n) is 4.65. The quantitative estimate of drug-likeness (QED) is 0.710. The summed E-state index contributed by atoms with van der Waals surface area (Å²) in [5.41, 5.74) is 2.36. The number of oxazole rings is 1. The van der Waals surface area contributed by atoms with Crippen molar-refractivity contribution in [2.75, 3.05) is 39.4 Å². The Morgan fingerprint density at radius 1 is 1.30 bits per heavy atom. The van der Waals surface area contributed by atoms with Crippen LogP contribution >= 0.6 is 0 Å². The van der Waals surface area contributed by atoms with Crippen LogP contribution in [0.3, 0.4) is 0 Å². The van der Waals surface area contributed by atoms with Crippen LogP contribution < -0.4 is 5.32 Å². The maximum absolute atomic E-state index is 12.5. The van der Waals surface area contributed by atoms with Gasteiger partial charge in [-0.1, -0.05) is 12.1 Å². The number of carbonyl (C=O) groups excluding carboxylic acids is 1. The number of benzene rings is 1. The number of hydrogen-bond acceptors (Lipinski definition) is 7. The third-order valence-corrected chi connectivity index (χ3v) is 4.65. The molecule has 0 radical (unpaired) electrons. The zero-order valence-corrected chi connectivity index (χ0v) is 15.2. The highest BCUT2D eigenvalue weighted by molar-refractivity contribution is 6.00. The smallest absolute Gasteiger partial charge is 0.251 e. The number of hydrogen-bond donors (Lipinski definition) is 1. The summed E-state index contributed by atoms with van der Waals surface area (Å²) in [5.74, 6) is 0.518. The molecular formula is C19H22N4O4. The van der Waals surface area contributed by atoms with E-state index in [0.29, 0.717) is 41.4 Å². The number of fused-ring (bicyclic) bond motifs is 1. The normalized spacial score (nSPS) is 15.3. The van der Waals surface area contributed by atoms with E-state index >= 15 is 0 Å². The van der Waals surface area contributed by atoms with Gasteiger partial charge < -0.3 is 19.0 Å². The number of aryl methyl sites for hydroxylation is 1. The molecule has 142 valence electrons. The molecule has 2 aromatic heterocycles. The topological polar surface area (TPSA) is 93.6 Å². The molecule has 0 aliphatic carbocycles. The Morgan fingerprint density at radius 2 is 2.15 bits per heavy atom. The van der Waals surface area contributed by atoms with Crippen LogP contribution in [0.4, 0.5) is 0 Å². The highest BCUT2D eigenvalue weighted by Gasteiger charge is 2.17. The van der Waals surface area contributed by atoms with Gasteiger partial charge in [-0.3, -0.25) is 9.69 Å². The van der Waals surface area contributed by atoms with E-state index in [1.807, 2.05) is 6.92 Å². The lowest BCUT2D eigenvalue weighted by Gasteiger charge is -2.26. The van der Waals surface area contributed by atoms with E-state index < -0.39 is 0 Å². The molecule has 0 spiro atoms. The predicted molar refractivity (Wildman–Crippen MR) is 98.5 cm³/mol. The molecule has 27 heavy (non-hydrogen) atoms. The SMILES string of the molecule is CCc1nc(-c2noc3ccc(C(=O)NCCN4CCOCC4)cc23)co1. The van der Waals surface area contributed by atoms with Crippen molar-refractivity contribution >= 4 is 16.9 Å². The summed E-state index contributed by atoms with van der Waals surface area (Å²) in [6, 6.07) is 5.27. The van der Waals surface area contributed by atoms with Crippen LogP contribution in [0.5, 0.6) is 0 Å². The third kappa shape index (κ3) is 3.86. The first-order chi connectivity index (χ1) is 13.2. The fourth-order valence-electron chi connectivity index (χ4n) is 3.10. The molecule has 1 amide bonds. The van der Waals surface area contributed by atoms with Gasteiger partial charge in [0.15, 0.2) is 11.5 Å². The standard InChI is InChI=1S/C19H22N4O4/c1-2-17-21-15(12-26-17)18-14-11-13(3-4-16(14)27-22-18)19(24)20-5-6-23-7-9-25-10-8-23/h3-4,11-12H,2,5-10H2,1H3,(H,20,24). The minimum atomic E-state index is -0.119. The van der Waals surface area contributed by atoms with Crippen LogP contribution in [0.15, 0.2) is 33.4 Å². The van der Waals surface area contributed by atoms with Gasteiger partial charge in [0, 0.05) is 38.2 Å². The van der Waals surface area contributed by atoms with Crippen molar-refractivity contribution in [2.45, 2.75) is 13.3 Å². The monoisotopic (exact) mass is 370 g/mol. The number of rotatable bonds is 6. The van der Waals surface area contributed by atoms with Crippen molar-refractivity contribution in [1.29, 1.82) is 0 Å². The molecule has 1 fully saturated rings. The van der Waals surface area contributed by atoms with Gasteiger partial charge in [-0.15, -0.1) is 0 Å². The Balaban J connectivity index is 1.47. The van der Waals surface area contributed by atoms with Gasteiger partial charge in [-0.05, 0) is 18.2 Å². The lowest BCUT2D eigenvalue weighted by molar-refractivity contribution is 0.0383. The van der Waals surface area contributed by atoms with Crippen LogP contribution in [0.1, 0.15) is 23.2 Å². The fourth-order valence-corrected chi connectivity index (χ4v) is 3.10. The molecule has 0 unspecified atom stereocenters. The largest absolute Gasteiger partial charge is 0.448 e. The summed E-state index contributed by atoms with van der Waals surface area (Å²) in [6.07, 6.45) is 2.26. The summed E-state index contributed by atoms with van der Waals surface area (Å²) in [4.78, 5) is 19.2. The maximum Gasteiger partial charge on any atom is 0.251 e. The van der Waals surface area contributed by atoms with Gasteiger partial charge in [0.05, 0.1) is 18.6 Å². The number of nitrogens with one attached hydrogen (secondary N) is 1. The van der Waals surface area contributed by atoms with Crippen LogP contribution in [-0.4, -0.2) is 60.3 Å². The summed E-state index contributed by atoms with van der Waals surface area (Å²) in [5, 5.41) is 7.80.